The zero-order valence-electron chi connectivity index (χ0n) is 5.32. The van der Waals surface area contributed by atoms with Crippen LogP contribution in [-0.4, -0.2) is 3.93 Å². The van der Waals surface area contributed by atoms with Gasteiger partial charge in [0.25, 0.3) is 3.93 Å². The molecule has 0 radical (unpaired) electrons. The van der Waals surface area contributed by atoms with E-state index in [0.717, 1.165) is 4.47 Å². The lowest BCUT2D eigenvalue weighted by Gasteiger charge is -2.08. The Hall–Kier alpha value is 1.36. The molecule has 0 aliphatic heterocycles. The summed E-state index contributed by atoms with van der Waals surface area (Å²) in [6.07, 6.45) is 0. The van der Waals surface area contributed by atoms with Crippen molar-refractivity contribution in [2.75, 3.05) is 0 Å². The Labute approximate surface area is 98.6 Å². The fraction of sp³-hybridized carbons (Fsp3) is 0. The molecule has 1 aromatic carbocycles. The molecule has 0 fully saturated rings. The van der Waals surface area contributed by atoms with Gasteiger partial charge >= 0.3 is 0 Å². The van der Waals surface area contributed by atoms with Crippen molar-refractivity contribution < 1.29 is 0 Å². The Bertz CT molecular complexity index is 238. The van der Waals surface area contributed by atoms with Gasteiger partial charge in [-0.25, -0.2) is 0 Å². The zero-order chi connectivity index (χ0) is 8.48. The Morgan fingerprint density at radius 3 is 1.73 bits per heavy atom. The molecule has 1 rings (SSSR count). The second-order valence-electron chi connectivity index (χ2n) is 2.00. The molecular weight excluding hydrogens is 420 g/mol. The minimum atomic E-state index is -1.64. The van der Waals surface area contributed by atoms with Crippen LogP contribution in [0.25, 0.3) is 0 Å². The minimum absolute atomic E-state index is 1.10. The quantitative estimate of drug-likeness (QED) is 0.476. The van der Waals surface area contributed by atoms with Gasteiger partial charge < -0.3 is 0 Å². The molecule has 0 aromatic heterocycles. The van der Waals surface area contributed by atoms with Crippen LogP contribution < -0.4 is 5.19 Å². The lowest BCUT2D eigenvalue weighted by molar-refractivity contribution is 1.70. The number of benzene rings is 1. The molecule has 11 heavy (non-hydrogen) atoms. The van der Waals surface area contributed by atoms with Gasteiger partial charge in [0.1, 0.15) is 0 Å². The fourth-order valence-corrected chi connectivity index (χ4v) is 3.83. The molecule has 0 N–H and O–H groups in total. The lowest BCUT2D eigenvalue weighted by atomic mass is 10.4. The molecule has 0 nitrogen and oxygen atoms in total. The molecule has 0 saturated carbocycles. The van der Waals surface area contributed by atoms with Gasteiger partial charge in [-0.3, -0.25) is 0 Å². The van der Waals surface area contributed by atoms with E-state index >= 15 is 0 Å². The highest BCUT2D eigenvalue weighted by Gasteiger charge is 2.24. The Balaban J connectivity index is 2.99. The largest absolute Gasteiger partial charge is 0.297 e. The molecule has 0 saturated heterocycles. The average molecular weight is 424 g/mol. The summed E-state index contributed by atoms with van der Waals surface area (Å²) in [6.45, 7) is 0. The molecule has 0 unspecified atom stereocenters. The standard InChI is InChI=1S/C6H4Br4Si/c7-5-1-3-6(4-2-5)11(8,9)10/h1-4H. The second-order valence-corrected chi connectivity index (χ2v) is 24.8. The molecule has 60 valence electrons. The molecule has 0 amide bonds. The lowest BCUT2D eigenvalue weighted by Crippen LogP contribution is -2.27. The van der Waals surface area contributed by atoms with Gasteiger partial charge in [0.2, 0.25) is 0 Å². The van der Waals surface area contributed by atoms with Crippen molar-refractivity contribution in [2.24, 2.45) is 0 Å². The maximum absolute atomic E-state index is 3.57. The van der Waals surface area contributed by atoms with Crippen molar-refractivity contribution in [2.45, 2.75) is 0 Å². The first kappa shape index (κ1) is 10.4. The van der Waals surface area contributed by atoms with Crippen LogP contribution in [0.4, 0.5) is 0 Å². The van der Waals surface area contributed by atoms with Crippen molar-refractivity contribution in [1.82, 2.24) is 0 Å². The summed E-state index contributed by atoms with van der Waals surface area (Å²) in [6, 6.07) is 8.21. The van der Waals surface area contributed by atoms with E-state index in [9.17, 15) is 0 Å². The average Bonchev–Trinajstić information content (AvgIpc) is 1.86. The summed E-state index contributed by atoms with van der Waals surface area (Å²) >= 11 is 14.1. The molecule has 0 aliphatic rings. The van der Waals surface area contributed by atoms with Crippen LogP contribution in [0, 0.1) is 0 Å². The van der Waals surface area contributed by atoms with Gasteiger partial charge in [0.05, 0.1) is 0 Å². The van der Waals surface area contributed by atoms with E-state index in [2.05, 4.69) is 73.9 Å². The third-order valence-electron chi connectivity index (χ3n) is 1.17. The molecule has 0 bridgehead atoms. The van der Waals surface area contributed by atoms with Gasteiger partial charge in [0.15, 0.2) is 0 Å². The highest BCUT2D eigenvalue weighted by atomic mass is 80.0. The van der Waals surface area contributed by atoms with Crippen LogP contribution in [0.3, 0.4) is 0 Å². The number of halogens is 4. The van der Waals surface area contributed by atoms with E-state index in [1.54, 1.807) is 0 Å². The van der Waals surface area contributed by atoms with Crippen LogP contribution >= 0.6 is 61.8 Å². The number of rotatable bonds is 1. The SMILES string of the molecule is Brc1ccc([Si](Br)(Br)Br)cc1. The highest BCUT2D eigenvalue weighted by Crippen LogP contribution is 2.27. The second kappa shape index (κ2) is 4.04. The van der Waals surface area contributed by atoms with Crippen molar-refractivity contribution >= 4 is 70.9 Å². The van der Waals surface area contributed by atoms with Crippen LogP contribution in [0.1, 0.15) is 0 Å². The molecular formula is C6H4Br4Si. The summed E-state index contributed by atoms with van der Waals surface area (Å²) in [5.74, 6) is 0. The normalized spacial score (nSPS) is 11.6. The Morgan fingerprint density at radius 2 is 1.36 bits per heavy atom. The molecule has 0 heterocycles. The van der Waals surface area contributed by atoms with E-state index in [-0.39, 0.29) is 0 Å². The first-order valence-electron chi connectivity index (χ1n) is 2.83. The Kier molecular flexibility index (Phi) is 3.84. The maximum Gasteiger partial charge on any atom is 0.297 e. The summed E-state index contributed by atoms with van der Waals surface area (Å²) in [7, 11) is 0. The predicted octanol–water partition coefficient (Wildman–Crippen LogP) is 3.78. The van der Waals surface area contributed by atoms with Crippen molar-refractivity contribution in [3.63, 3.8) is 0 Å². The molecule has 1 aromatic rings. The third kappa shape index (κ3) is 3.30. The molecule has 0 aliphatic carbocycles. The van der Waals surface area contributed by atoms with E-state index < -0.39 is 3.93 Å². The zero-order valence-corrected chi connectivity index (χ0v) is 12.7. The molecule has 0 spiro atoms. The van der Waals surface area contributed by atoms with E-state index in [1.165, 1.54) is 5.19 Å². The van der Waals surface area contributed by atoms with Gasteiger partial charge in [-0.15, -0.1) is 0 Å². The van der Waals surface area contributed by atoms with Crippen molar-refractivity contribution in [1.29, 1.82) is 0 Å². The highest BCUT2D eigenvalue weighted by molar-refractivity contribution is 9.72. The van der Waals surface area contributed by atoms with Crippen LogP contribution in [-0.2, 0) is 0 Å². The van der Waals surface area contributed by atoms with Gasteiger partial charge in [-0.05, 0) is 17.3 Å². The van der Waals surface area contributed by atoms with Crippen molar-refractivity contribution in [3.8, 4) is 0 Å². The summed E-state index contributed by atoms with van der Waals surface area (Å²) in [5.41, 5.74) is 0. The van der Waals surface area contributed by atoms with Crippen LogP contribution in [0.15, 0.2) is 28.7 Å². The molecule has 0 atom stereocenters. The van der Waals surface area contributed by atoms with E-state index in [4.69, 9.17) is 0 Å². The van der Waals surface area contributed by atoms with E-state index in [0.29, 0.717) is 0 Å². The topological polar surface area (TPSA) is 0 Å². The first-order chi connectivity index (χ1) is 5.00. The first-order valence-corrected chi connectivity index (χ1v) is 12.4. The van der Waals surface area contributed by atoms with Crippen molar-refractivity contribution in [3.05, 3.63) is 28.7 Å². The summed E-state index contributed by atoms with van der Waals surface area (Å²) < 4.78 is -0.536. The third-order valence-corrected chi connectivity index (χ3v) is 6.81. The van der Waals surface area contributed by atoms with Crippen LogP contribution in [0.2, 0.25) is 0 Å². The van der Waals surface area contributed by atoms with Gasteiger partial charge in [-0.2, -0.15) is 0 Å². The van der Waals surface area contributed by atoms with Gasteiger partial charge in [-0.1, -0.05) is 73.9 Å². The van der Waals surface area contributed by atoms with E-state index in [1.807, 2.05) is 12.1 Å². The predicted molar refractivity (Wildman–Crippen MR) is 66.3 cm³/mol. The Morgan fingerprint density at radius 1 is 0.909 bits per heavy atom. The summed E-state index contributed by atoms with van der Waals surface area (Å²) in [4.78, 5) is 0. The van der Waals surface area contributed by atoms with Crippen LogP contribution in [0.5, 0.6) is 0 Å². The van der Waals surface area contributed by atoms with Gasteiger partial charge in [0, 0.05) is 4.47 Å². The smallest absolute Gasteiger partial charge is 0.0910 e. The summed E-state index contributed by atoms with van der Waals surface area (Å²) in [5, 5.41) is 1.26. The monoisotopic (exact) mass is 420 g/mol. The molecule has 5 heteroatoms. The number of hydrogen-bond donors (Lipinski definition) is 0. The minimum Gasteiger partial charge on any atom is -0.0910 e. The maximum atomic E-state index is 3.57. The number of hydrogen-bond acceptors (Lipinski definition) is 0. The fourth-order valence-electron chi connectivity index (χ4n) is 0.639.